The fourth-order valence-corrected chi connectivity index (χ4v) is 9.31. The van der Waals surface area contributed by atoms with Gasteiger partial charge in [-0.25, -0.2) is 4.98 Å². The number of thiol groups is 1. The molecule has 29 heteroatoms. The van der Waals surface area contributed by atoms with Crippen LogP contribution >= 0.6 is 12.6 Å². The lowest BCUT2D eigenvalue weighted by molar-refractivity contribution is -0.144. The van der Waals surface area contributed by atoms with Crippen molar-refractivity contribution in [3.8, 4) is 0 Å². The molecule has 0 spiro atoms. The molecule has 0 radical (unpaired) electrons. The fraction of sp³-hybridized carbons (Fsp3) is 0.686. The zero-order valence-electron chi connectivity index (χ0n) is 46.5. The minimum Gasteiger partial charge on any atom is -0.481 e. The van der Waals surface area contributed by atoms with Crippen molar-refractivity contribution in [3.05, 3.63) is 18.2 Å². The van der Waals surface area contributed by atoms with Crippen molar-refractivity contribution in [3.63, 3.8) is 0 Å². The summed E-state index contributed by atoms with van der Waals surface area (Å²) >= 11 is 4.21. The van der Waals surface area contributed by atoms with Crippen LogP contribution in [0.1, 0.15) is 118 Å². The van der Waals surface area contributed by atoms with Gasteiger partial charge in [-0.2, -0.15) is 12.6 Å². The quantitative estimate of drug-likeness (QED) is 0.0438. The van der Waals surface area contributed by atoms with Crippen molar-refractivity contribution >= 4 is 89.4 Å². The largest absolute Gasteiger partial charge is 0.481 e. The van der Waals surface area contributed by atoms with E-state index in [9.17, 15) is 67.4 Å². The number of hydrogen-bond donors (Lipinski definition) is 14. The molecule has 446 valence electrons. The van der Waals surface area contributed by atoms with Crippen LogP contribution in [0, 0.1) is 23.7 Å². The first kappa shape index (κ1) is 67.1. The number of unbranched alkanes of at least 4 members (excludes halogenated alkanes) is 1. The first-order valence-corrected chi connectivity index (χ1v) is 27.7. The van der Waals surface area contributed by atoms with E-state index in [1.807, 2.05) is 0 Å². The van der Waals surface area contributed by atoms with Crippen LogP contribution in [0.4, 0.5) is 0 Å². The number of fused-ring (bicyclic) bond motifs is 1. The van der Waals surface area contributed by atoms with Gasteiger partial charge >= 0.3 is 5.97 Å². The van der Waals surface area contributed by atoms with E-state index < -0.39 is 175 Å². The van der Waals surface area contributed by atoms with Gasteiger partial charge in [0.25, 0.3) is 0 Å². The summed E-state index contributed by atoms with van der Waals surface area (Å²) in [4.78, 5) is 186. The second kappa shape index (κ2) is 32.8. The van der Waals surface area contributed by atoms with Gasteiger partial charge in [0.1, 0.15) is 54.3 Å². The second-order valence-electron chi connectivity index (χ2n) is 21.0. The Labute approximate surface area is 470 Å². The smallest absolute Gasteiger partial charge is 0.303 e. The monoisotopic (exact) mass is 1150 g/mol. The average Bonchev–Trinajstić information content (AvgIpc) is 4.12. The van der Waals surface area contributed by atoms with Crippen LogP contribution in [-0.4, -0.2) is 176 Å². The van der Waals surface area contributed by atoms with Gasteiger partial charge in [-0.1, -0.05) is 48.0 Å². The number of H-pyrrole nitrogens is 1. The number of rotatable bonds is 16. The SMILES string of the molecule is CCC(C)[C@@H]1NC(=O)[C@H](CS)NC(=O)C[C@H](C(N)=O)C(=O)[C@H](C)NC(=O)CNC(=O)[C@H](Cc2cnc[nH]2)NC(=O)[C@H](C(C)C)NC(=O)[C@@H]2CCCN2C(=O)[C@H](CCC(=O)O)NC(=O)[C@H](CCCCN)NC(=O)[C@H](CC(C)C)NC1=O. The topological polar surface area (TPSA) is 434 Å². The molecule has 3 rings (SSSR count). The molecule has 2 fully saturated rings. The standard InChI is InChI=1S/C51H82N14O14S/c1-8-27(6)41-50(78)61-33(18-25(2)3)46(74)59-31(12-9-10-16-52)45(73)60-32(14-15-39(68)69)51(79)65-17-11-13-36(65)48(76)63-40(26(4)5)49(77)62-34(19-29-21-54-24-56-29)44(72)55-22-38(67)57-28(7)42(70)30(43(53)71)20-37(66)58-35(23-80)47(75)64-41/h21,24-28,30-36,40-41,80H,8-20,22-23,52H2,1-7H3,(H2,53,71)(H,54,56)(H,55,72)(H,57,67)(H,58,66)(H,59,74)(H,60,73)(H,61,78)(H,62,77)(H,63,76)(H,64,75)(H,68,69)/t27?,28-,30-,31-,32-,33-,34-,35-,36-,40-,41-/m0/s1. The number of imidazole rings is 1. The number of nitrogens with one attached hydrogen (secondary N) is 10. The summed E-state index contributed by atoms with van der Waals surface area (Å²) in [6.45, 7) is 10.9. The van der Waals surface area contributed by atoms with Crippen LogP contribution < -0.4 is 59.3 Å². The molecule has 80 heavy (non-hydrogen) atoms. The summed E-state index contributed by atoms with van der Waals surface area (Å²) in [5, 5.41) is 32.7. The summed E-state index contributed by atoms with van der Waals surface area (Å²) in [5.74, 6) is -15.8. The number of aromatic amines is 1. The van der Waals surface area contributed by atoms with Crippen LogP contribution in [0.2, 0.25) is 0 Å². The highest BCUT2D eigenvalue weighted by atomic mass is 32.1. The molecule has 28 nitrogen and oxygen atoms in total. The predicted octanol–water partition coefficient (Wildman–Crippen LogP) is -3.30. The van der Waals surface area contributed by atoms with Crippen molar-refractivity contribution < 1.29 is 67.4 Å². The molecule has 0 bridgehead atoms. The maximum atomic E-state index is 14.5. The number of aromatic nitrogens is 2. The summed E-state index contributed by atoms with van der Waals surface area (Å²) in [6.07, 6.45) is 2.10. The lowest BCUT2D eigenvalue weighted by Crippen LogP contribution is -2.61. The highest BCUT2D eigenvalue weighted by Gasteiger charge is 2.42. The second-order valence-corrected chi connectivity index (χ2v) is 21.4. The highest BCUT2D eigenvalue weighted by molar-refractivity contribution is 7.80. The molecule has 2 aliphatic heterocycles. The Hall–Kier alpha value is -7.17. The summed E-state index contributed by atoms with van der Waals surface area (Å²) in [6, 6.07) is -12.4. The molecule has 11 atom stereocenters. The number of carboxylic acid groups (broad SMARTS) is 1. The normalized spacial score (nSPS) is 26.8. The number of nitrogens with two attached hydrogens (primary N) is 2. The highest BCUT2D eigenvalue weighted by Crippen LogP contribution is 2.22. The van der Waals surface area contributed by atoms with E-state index in [1.54, 1.807) is 41.5 Å². The van der Waals surface area contributed by atoms with Gasteiger partial charge in [0.05, 0.1) is 18.9 Å². The maximum absolute atomic E-state index is 14.5. The summed E-state index contributed by atoms with van der Waals surface area (Å²) in [5.41, 5.74) is 11.7. The number of ketones is 1. The summed E-state index contributed by atoms with van der Waals surface area (Å²) < 4.78 is 0. The molecule has 0 aliphatic carbocycles. The van der Waals surface area contributed by atoms with Gasteiger partial charge in [-0.3, -0.25) is 62.3 Å². The molecule has 1 unspecified atom stereocenters. The average molecular weight is 1150 g/mol. The van der Waals surface area contributed by atoms with Crippen LogP contribution in [0.25, 0.3) is 0 Å². The van der Waals surface area contributed by atoms with Crippen LogP contribution in [-0.2, 0) is 68.7 Å². The number of aliphatic carboxylic acids is 1. The lowest BCUT2D eigenvalue weighted by atomic mass is 9.94. The predicted molar refractivity (Wildman–Crippen MR) is 291 cm³/mol. The molecular formula is C51H82N14O14S. The summed E-state index contributed by atoms with van der Waals surface area (Å²) in [7, 11) is 0. The Morgan fingerprint density at radius 2 is 1.35 bits per heavy atom. The number of Topliss-reactive ketones (excluding diaryl/α,β-unsaturated/α-hetero) is 1. The first-order chi connectivity index (χ1) is 37.7. The van der Waals surface area contributed by atoms with E-state index in [0.717, 1.165) is 0 Å². The van der Waals surface area contributed by atoms with Gasteiger partial charge in [-0.15, -0.1) is 0 Å². The number of primary amides is 1. The van der Waals surface area contributed by atoms with E-state index in [0.29, 0.717) is 31.4 Å². The van der Waals surface area contributed by atoms with Crippen molar-refractivity contribution in [2.75, 3.05) is 25.4 Å². The van der Waals surface area contributed by atoms with Crippen molar-refractivity contribution in [2.24, 2.45) is 35.1 Å². The Kier molecular flexibility index (Phi) is 27.5. The number of nitrogens with zero attached hydrogens (tertiary/aromatic N) is 2. The van der Waals surface area contributed by atoms with E-state index in [-0.39, 0.29) is 50.4 Å². The Morgan fingerprint density at radius 1 is 0.738 bits per heavy atom. The number of hydrogen-bond acceptors (Lipinski definition) is 16. The van der Waals surface area contributed by atoms with Gasteiger partial charge < -0.3 is 74.3 Å². The zero-order valence-corrected chi connectivity index (χ0v) is 47.4. The number of carbonyl (C=O) groups excluding carboxylic acids is 12. The molecule has 0 saturated carbocycles. The molecule has 1 aromatic rings. The van der Waals surface area contributed by atoms with Crippen LogP contribution in [0.15, 0.2) is 12.5 Å². The van der Waals surface area contributed by atoms with Gasteiger partial charge in [0.2, 0.25) is 65.0 Å². The van der Waals surface area contributed by atoms with Crippen molar-refractivity contribution in [1.29, 1.82) is 0 Å². The van der Waals surface area contributed by atoms with E-state index in [4.69, 9.17) is 11.5 Å². The Morgan fingerprint density at radius 3 is 1.94 bits per heavy atom. The third-order valence-corrected chi connectivity index (χ3v) is 14.2. The van der Waals surface area contributed by atoms with Crippen molar-refractivity contribution in [1.82, 2.24) is 62.7 Å². The van der Waals surface area contributed by atoms with E-state index in [1.165, 1.54) is 24.3 Å². The molecule has 15 N–H and O–H groups in total. The number of carbonyl (C=O) groups is 13. The first-order valence-electron chi connectivity index (χ1n) is 27.0. The van der Waals surface area contributed by atoms with Crippen molar-refractivity contribution in [2.45, 2.75) is 173 Å². The van der Waals surface area contributed by atoms with Crippen LogP contribution in [0.3, 0.4) is 0 Å². The van der Waals surface area contributed by atoms with Gasteiger partial charge in [-0.05, 0) is 76.2 Å². The van der Waals surface area contributed by atoms with E-state index in [2.05, 4.69) is 70.4 Å². The molecule has 2 aliphatic rings. The fourth-order valence-electron chi connectivity index (χ4n) is 9.06. The minimum atomic E-state index is -1.82. The maximum Gasteiger partial charge on any atom is 0.303 e. The van der Waals surface area contributed by atoms with Crippen LogP contribution in [0.5, 0.6) is 0 Å². The lowest BCUT2D eigenvalue weighted by Gasteiger charge is -2.32. The Balaban J connectivity index is 2.13. The van der Waals surface area contributed by atoms with Gasteiger partial charge in [0, 0.05) is 43.5 Å². The number of amides is 11. The molecule has 11 amide bonds. The minimum absolute atomic E-state index is 0.00283. The molecule has 0 aromatic carbocycles. The third kappa shape index (κ3) is 20.8. The number of carboxylic acids is 1. The zero-order chi connectivity index (χ0) is 60.0. The van der Waals surface area contributed by atoms with E-state index >= 15 is 0 Å². The third-order valence-electron chi connectivity index (χ3n) is 13.8. The Bertz CT molecular complexity index is 2370. The molecule has 2 saturated heterocycles. The van der Waals surface area contributed by atoms with Gasteiger partial charge in [0.15, 0.2) is 5.78 Å². The molecule has 1 aromatic heterocycles. The molecular weight excluding hydrogens is 1060 g/mol. The molecule has 3 heterocycles.